The fourth-order valence-electron chi connectivity index (χ4n) is 2.56. The Morgan fingerprint density at radius 3 is 2.58 bits per heavy atom. The van der Waals surface area contributed by atoms with Crippen molar-refractivity contribution < 1.29 is 18.5 Å². The monoisotopic (exact) mass is 363 g/mol. The number of nitro groups is 1. The molecule has 0 aliphatic carbocycles. The average Bonchev–Trinajstić information content (AvgIpc) is 2.60. The van der Waals surface area contributed by atoms with Crippen molar-refractivity contribution in [3.05, 3.63) is 63.7 Å². The Labute approximate surface area is 149 Å². The minimum atomic E-state index is -0.947. The zero-order valence-corrected chi connectivity index (χ0v) is 14.5. The number of nitro benzene ring substituents is 1. The van der Waals surface area contributed by atoms with Crippen LogP contribution in [0.3, 0.4) is 0 Å². The van der Waals surface area contributed by atoms with Crippen LogP contribution in [-0.4, -0.2) is 23.9 Å². The predicted octanol–water partition coefficient (Wildman–Crippen LogP) is 4.04. The molecule has 0 saturated heterocycles. The predicted molar refractivity (Wildman–Crippen MR) is 95.3 cm³/mol. The average molecular weight is 363 g/mol. The second kappa shape index (κ2) is 8.37. The molecule has 2 aromatic rings. The third kappa shape index (κ3) is 4.53. The van der Waals surface area contributed by atoms with Crippen LogP contribution < -0.4 is 10.2 Å². The molecular weight excluding hydrogens is 344 g/mol. The van der Waals surface area contributed by atoms with Gasteiger partial charge in [0.25, 0.3) is 5.69 Å². The highest BCUT2D eigenvalue weighted by molar-refractivity contribution is 5.92. The van der Waals surface area contributed by atoms with Gasteiger partial charge in [0.2, 0.25) is 5.91 Å². The van der Waals surface area contributed by atoms with Gasteiger partial charge in [-0.2, -0.15) is 0 Å². The number of carbonyl (C=O) groups excluding carboxylic acids is 1. The molecule has 2 aromatic carbocycles. The fraction of sp³-hybridized carbons (Fsp3) is 0.278. The maximum absolute atomic E-state index is 13.4. The van der Waals surface area contributed by atoms with Crippen LogP contribution in [0.2, 0.25) is 0 Å². The van der Waals surface area contributed by atoms with E-state index in [2.05, 4.69) is 5.32 Å². The molecular formula is C18H19F2N3O3. The van der Waals surface area contributed by atoms with Crippen LogP contribution in [-0.2, 0) is 4.79 Å². The smallest absolute Gasteiger partial charge is 0.274 e. The summed E-state index contributed by atoms with van der Waals surface area (Å²) in [5.74, 6) is -2.20. The van der Waals surface area contributed by atoms with Gasteiger partial charge >= 0.3 is 0 Å². The Morgan fingerprint density at radius 2 is 1.96 bits per heavy atom. The number of anilines is 2. The number of rotatable bonds is 7. The summed E-state index contributed by atoms with van der Waals surface area (Å²) in [6.45, 7) is 4.20. The van der Waals surface area contributed by atoms with Gasteiger partial charge in [-0.25, -0.2) is 8.78 Å². The number of hydrogen-bond acceptors (Lipinski definition) is 4. The molecule has 26 heavy (non-hydrogen) atoms. The highest BCUT2D eigenvalue weighted by Gasteiger charge is 2.15. The molecule has 0 radical (unpaired) electrons. The van der Waals surface area contributed by atoms with Crippen molar-refractivity contribution in [2.45, 2.75) is 20.3 Å². The highest BCUT2D eigenvalue weighted by Crippen LogP contribution is 2.25. The van der Waals surface area contributed by atoms with E-state index in [1.807, 2.05) is 6.92 Å². The normalized spacial score (nSPS) is 10.5. The Hall–Kier alpha value is -3.03. The van der Waals surface area contributed by atoms with E-state index >= 15 is 0 Å². The SMILES string of the molecule is CCN(CCC(=O)Nc1cccc([N+](=O)[O-])c1C)c1ccc(F)c(F)c1. The van der Waals surface area contributed by atoms with E-state index in [1.54, 1.807) is 17.9 Å². The van der Waals surface area contributed by atoms with Crippen LogP contribution in [0, 0.1) is 28.7 Å². The molecule has 1 N–H and O–H groups in total. The van der Waals surface area contributed by atoms with Gasteiger partial charge in [-0.3, -0.25) is 14.9 Å². The van der Waals surface area contributed by atoms with Gasteiger partial charge in [0.05, 0.1) is 16.2 Å². The molecule has 1 amide bonds. The molecule has 0 unspecified atom stereocenters. The molecule has 0 fully saturated rings. The Morgan fingerprint density at radius 1 is 1.23 bits per heavy atom. The molecule has 0 aliphatic heterocycles. The van der Waals surface area contributed by atoms with Gasteiger partial charge in [0.1, 0.15) is 0 Å². The van der Waals surface area contributed by atoms with Gasteiger partial charge in [0.15, 0.2) is 11.6 Å². The van der Waals surface area contributed by atoms with E-state index in [9.17, 15) is 23.7 Å². The lowest BCUT2D eigenvalue weighted by molar-refractivity contribution is -0.385. The number of carbonyl (C=O) groups is 1. The standard InChI is InChI=1S/C18H19F2N3O3/c1-3-22(13-7-8-14(19)15(20)11-13)10-9-18(24)21-16-5-4-6-17(12(16)2)23(25)26/h4-8,11H,3,9-10H2,1-2H3,(H,21,24). The zero-order chi connectivity index (χ0) is 19.3. The van der Waals surface area contributed by atoms with E-state index in [4.69, 9.17) is 0 Å². The third-order valence-electron chi connectivity index (χ3n) is 4.03. The summed E-state index contributed by atoms with van der Waals surface area (Å²) in [4.78, 5) is 24.4. The number of benzene rings is 2. The Kier molecular flexibility index (Phi) is 6.21. The molecule has 0 atom stereocenters. The summed E-state index contributed by atoms with van der Waals surface area (Å²) in [5.41, 5.74) is 1.16. The molecule has 2 rings (SSSR count). The molecule has 0 heterocycles. The molecule has 0 spiro atoms. The topological polar surface area (TPSA) is 75.5 Å². The lowest BCUT2D eigenvalue weighted by atomic mass is 10.1. The van der Waals surface area contributed by atoms with E-state index in [0.29, 0.717) is 30.0 Å². The van der Waals surface area contributed by atoms with Gasteiger partial charge < -0.3 is 10.2 Å². The first-order chi connectivity index (χ1) is 12.3. The second-order valence-corrected chi connectivity index (χ2v) is 5.68. The lowest BCUT2D eigenvalue weighted by Crippen LogP contribution is -2.27. The summed E-state index contributed by atoms with van der Waals surface area (Å²) in [7, 11) is 0. The molecule has 0 saturated carbocycles. The van der Waals surface area contributed by atoms with Crippen LogP contribution in [0.25, 0.3) is 0 Å². The molecule has 0 bridgehead atoms. The summed E-state index contributed by atoms with van der Waals surface area (Å²) in [6, 6.07) is 8.03. The minimum absolute atomic E-state index is 0.0697. The zero-order valence-electron chi connectivity index (χ0n) is 14.5. The maximum atomic E-state index is 13.4. The number of nitrogens with one attached hydrogen (secondary N) is 1. The lowest BCUT2D eigenvalue weighted by Gasteiger charge is -2.23. The molecule has 0 aliphatic rings. The van der Waals surface area contributed by atoms with Gasteiger partial charge in [-0.05, 0) is 32.0 Å². The van der Waals surface area contributed by atoms with Crippen molar-refractivity contribution in [2.24, 2.45) is 0 Å². The maximum Gasteiger partial charge on any atom is 0.274 e. The van der Waals surface area contributed by atoms with Crippen molar-refractivity contribution in [3.8, 4) is 0 Å². The Bertz CT molecular complexity index is 827. The van der Waals surface area contributed by atoms with Crippen molar-refractivity contribution in [1.29, 1.82) is 0 Å². The van der Waals surface area contributed by atoms with Crippen molar-refractivity contribution in [2.75, 3.05) is 23.3 Å². The van der Waals surface area contributed by atoms with Gasteiger partial charge in [0, 0.05) is 37.3 Å². The largest absolute Gasteiger partial charge is 0.371 e. The van der Waals surface area contributed by atoms with Crippen LogP contribution in [0.1, 0.15) is 18.9 Å². The number of hydrogen-bond donors (Lipinski definition) is 1. The van der Waals surface area contributed by atoms with Gasteiger partial charge in [-0.1, -0.05) is 6.07 Å². The number of halogens is 2. The number of nitrogens with zero attached hydrogens (tertiary/aromatic N) is 2. The van der Waals surface area contributed by atoms with Crippen LogP contribution in [0.4, 0.5) is 25.8 Å². The highest BCUT2D eigenvalue weighted by atomic mass is 19.2. The number of amides is 1. The summed E-state index contributed by atoms with van der Waals surface area (Å²) < 4.78 is 26.4. The van der Waals surface area contributed by atoms with E-state index in [-0.39, 0.29) is 18.0 Å². The first-order valence-electron chi connectivity index (χ1n) is 8.07. The Balaban J connectivity index is 2.02. The van der Waals surface area contributed by atoms with Crippen LogP contribution in [0.5, 0.6) is 0 Å². The van der Waals surface area contributed by atoms with Crippen LogP contribution in [0.15, 0.2) is 36.4 Å². The minimum Gasteiger partial charge on any atom is -0.371 e. The van der Waals surface area contributed by atoms with Crippen molar-refractivity contribution in [1.82, 2.24) is 0 Å². The summed E-state index contributed by atoms with van der Waals surface area (Å²) in [6.07, 6.45) is 0.0922. The first kappa shape index (κ1) is 19.3. The molecule has 0 aromatic heterocycles. The first-order valence-corrected chi connectivity index (χ1v) is 8.07. The summed E-state index contributed by atoms with van der Waals surface area (Å²) >= 11 is 0. The molecule has 8 heteroatoms. The quantitative estimate of drug-likeness (QED) is 0.595. The van der Waals surface area contributed by atoms with Crippen LogP contribution >= 0.6 is 0 Å². The fourth-order valence-corrected chi connectivity index (χ4v) is 2.56. The van der Waals surface area contributed by atoms with Crippen molar-refractivity contribution >= 4 is 23.0 Å². The van der Waals surface area contributed by atoms with Gasteiger partial charge in [-0.15, -0.1) is 0 Å². The van der Waals surface area contributed by atoms with E-state index < -0.39 is 16.6 Å². The second-order valence-electron chi connectivity index (χ2n) is 5.68. The third-order valence-corrected chi connectivity index (χ3v) is 4.03. The van der Waals surface area contributed by atoms with E-state index in [1.165, 1.54) is 18.2 Å². The van der Waals surface area contributed by atoms with E-state index in [0.717, 1.165) is 12.1 Å². The molecule has 6 nitrogen and oxygen atoms in total. The summed E-state index contributed by atoms with van der Waals surface area (Å²) in [5, 5.41) is 13.6. The molecule has 138 valence electrons. The van der Waals surface area contributed by atoms with Crippen molar-refractivity contribution in [3.63, 3.8) is 0 Å².